The molecule has 6 heteroatoms. The van der Waals surface area contributed by atoms with Gasteiger partial charge in [-0.2, -0.15) is 21.9 Å². The molecule has 0 spiro atoms. The Balaban J connectivity index is -0.0000000417. The van der Waals surface area contributed by atoms with E-state index in [0.29, 0.717) is 0 Å². The van der Waals surface area contributed by atoms with Gasteiger partial charge in [0.2, 0.25) is 0 Å². The standard InChI is InChI=1S/C2H6O3S.Na.H2S.H/c1-2-6(3,4)5;;;/h2H2,1H3,(H,3,4,5);;1H2;/q;+1;;-1. The maximum atomic E-state index is 9.56. The van der Waals surface area contributed by atoms with Gasteiger partial charge in [0.1, 0.15) is 0 Å². The third kappa shape index (κ3) is 15.7. The fraction of sp³-hybridized carbons (Fsp3) is 1.00. The molecule has 0 aliphatic carbocycles. The van der Waals surface area contributed by atoms with E-state index in [1.807, 2.05) is 0 Å². The van der Waals surface area contributed by atoms with Crippen LogP contribution in [0.1, 0.15) is 8.35 Å². The second-order valence-corrected chi connectivity index (χ2v) is 2.61. The van der Waals surface area contributed by atoms with Crippen LogP contribution in [0.3, 0.4) is 0 Å². The Kier molecular flexibility index (Phi) is 12.9. The fourth-order valence-electron chi connectivity index (χ4n) is 0. The quantitative estimate of drug-likeness (QED) is 0.338. The zero-order valence-corrected chi connectivity index (χ0v) is 8.70. The average Bonchev–Trinajstić information content (AvgIpc) is 1.35. The molecule has 0 bridgehead atoms. The molecule has 1 N–H and O–H groups in total. The molecule has 0 aromatic heterocycles. The molecule has 0 aromatic carbocycles. The predicted octanol–water partition coefficient (Wildman–Crippen LogP) is -2.88. The van der Waals surface area contributed by atoms with Crippen LogP contribution in [-0.4, -0.2) is 18.7 Å². The second-order valence-electron chi connectivity index (χ2n) is 0.871. The van der Waals surface area contributed by atoms with Crippen LogP contribution in [-0.2, 0) is 10.1 Å². The van der Waals surface area contributed by atoms with Crippen LogP contribution in [0.25, 0.3) is 0 Å². The van der Waals surface area contributed by atoms with Gasteiger partial charge in [-0.15, -0.1) is 0 Å². The molecule has 0 aliphatic rings. The van der Waals surface area contributed by atoms with Gasteiger partial charge >= 0.3 is 29.6 Å². The van der Waals surface area contributed by atoms with Gasteiger partial charge in [0, 0.05) is 0 Å². The molecule has 8 heavy (non-hydrogen) atoms. The summed E-state index contributed by atoms with van der Waals surface area (Å²) in [5.41, 5.74) is 0. The molecule has 0 aliphatic heterocycles. The van der Waals surface area contributed by atoms with E-state index >= 15 is 0 Å². The van der Waals surface area contributed by atoms with Crippen LogP contribution >= 0.6 is 13.5 Å². The maximum absolute atomic E-state index is 9.56. The van der Waals surface area contributed by atoms with E-state index in [1.165, 1.54) is 6.92 Å². The second kappa shape index (κ2) is 6.38. The van der Waals surface area contributed by atoms with Gasteiger partial charge in [-0.1, -0.05) is 0 Å². The summed E-state index contributed by atoms with van der Waals surface area (Å²) in [4.78, 5) is 0. The van der Waals surface area contributed by atoms with Crippen molar-refractivity contribution in [1.82, 2.24) is 0 Å². The first kappa shape index (κ1) is 16.1. The first-order chi connectivity index (χ1) is 2.56. The van der Waals surface area contributed by atoms with Crippen molar-refractivity contribution in [2.75, 3.05) is 5.75 Å². The van der Waals surface area contributed by atoms with Gasteiger partial charge < -0.3 is 1.43 Å². The van der Waals surface area contributed by atoms with Crippen molar-refractivity contribution in [1.29, 1.82) is 0 Å². The summed E-state index contributed by atoms with van der Waals surface area (Å²) >= 11 is 0. The smallest absolute Gasteiger partial charge is 1.00 e. The van der Waals surface area contributed by atoms with E-state index in [9.17, 15) is 8.42 Å². The van der Waals surface area contributed by atoms with Crippen LogP contribution in [0, 0.1) is 0 Å². The normalized spacial score (nSPS) is 8.75. The Morgan fingerprint density at radius 2 is 1.75 bits per heavy atom. The molecule has 0 saturated carbocycles. The molecule has 0 saturated heterocycles. The number of hydrogen-bond donors (Lipinski definition) is 1. The van der Waals surface area contributed by atoms with Gasteiger partial charge in [-0.3, -0.25) is 4.55 Å². The van der Waals surface area contributed by atoms with Gasteiger partial charge in [-0.05, 0) is 6.92 Å². The van der Waals surface area contributed by atoms with E-state index < -0.39 is 10.1 Å². The van der Waals surface area contributed by atoms with Crippen molar-refractivity contribution >= 4 is 23.6 Å². The summed E-state index contributed by atoms with van der Waals surface area (Å²) in [5, 5.41) is 0. The Labute approximate surface area is 79.8 Å². The predicted molar refractivity (Wildman–Crippen MR) is 33.6 cm³/mol. The van der Waals surface area contributed by atoms with Crippen LogP contribution < -0.4 is 29.6 Å². The largest absolute Gasteiger partial charge is 1.00 e. The van der Waals surface area contributed by atoms with Crippen molar-refractivity contribution < 1.29 is 44.0 Å². The Hall–Kier alpha value is 1.26. The number of hydrogen-bond acceptors (Lipinski definition) is 2. The molecule has 0 aromatic rings. The zero-order chi connectivity index (χ0) is 5.21. The average molecular weight is 168 g/mol. The molecule has 0 heterocycles. The summed E-state index contributed by atoms with van der Waals surface area (Å²) in [6.07, 6.45) is 0. The van der Waals surface area contributed by atoms with Crippen LogP contribution in [0.5, 0.6) is 0 Å². The van der Waals surface area contributed by atoms with Crippen molar-refractivity contribution in [2.24, 2.45) is 0 Å². The van der Waals surface area contributed by atoms with Gasteiger partial charge in [0.25, 0.3) is 10.1 Å². The first-order valence-corrected chi connectivity index (χ1v) is 3.12. The molecule has 48 valence electrons. The summed E-state index contributed by atoms with van der Waals surface area (Å²) in [7, 11) is -3.66. The Bertz CT molecular complexity index is 122. The molecular weight excluding hydrogens is 159 g/mol. The van der Waals surface area contributed by atoms with E-state index in [-0.39, 0.29) is 50.2 Å². The van der Waals surface area contributed by atoms with Crippen molar-refractivity contribution in [2.45, 2.75) is 6.92 Å². The minimum Gasteiger partial charge on any atom is -1.00 e. The summed E-state index contributed by atoms with van der Waals surface area (Å²) < 4.78 is 26.9. The molecule has 0 fully saturated rings. The Morgan fingerprint density at radius 1 is 1.62 bits per heavy atom. The topological polar surface area (TPSA) is 54.4 Å². The van der Waals surface area contributed by atoms with E-state index in [1.54, 1.807) is 0 Å². The summed E-state index contributed by atoms with van der Waals surface area (Å²) in [6.45, 7) is 1.37. The summed E-state index contributed by atoms with van der Waals surface area (Å²) in [5.74, 6) is -0.201. The minimum absolute atomic E-state index is 0. The third-order valence-corrected chi connectivity index (χ3v) is 1.09. The van der Waals surface area contributed by atoms with Gasteiger partial charge in [0.15, 0.2) is 0 Å². The molecule has 0 rings (SSSR count). The minimum atomic E-state index is -3.66. The Morgan fingerprint density at radius 3 is 1.75 bits per heavy atom. The molecular formula is C2H9NaO3S2. The summed E-state index contributed by atoms with van der Waals surface area (Å²) in [6, 6.07) is 0. The number of rotatable bonds is 1. The van der Waals surface area contributed by atoms with Gasteiger partial charge in [-0.25, -0.2) is 0 Å². The van der Waals surface area contributed by atoms with E-state index in [2.05, 4.69) is 0 Å². The van der Waals surface area contributed by atoms with Gasteiger partial charge in [0.05, 0.1) is 5.75 Å². The van der Waals surface area contributed by atoms with Crippen molar-refractivity contribution in [3.63, 3.8) is 0 Å². The maximum Gasteiger partial charge on any atom is 1.00 e. The third-order valence-electron chi connectivity index (χ3n) is 0.365. The first-order valence-electron chi connectivity index (χ1n) is 1.51. The fourth-order valence-corrected chi connectivity index (χ4v) is 0. The van der Waals surface area contributed by atoms with Crippen molar-refractivity contribution in [3.05, 3.63) is 0 Å². The van der Waals surface area contributed by atoms with Crippen molar-refractivity contribution in [3.8, 4) is 0 Å². The molecule has 0 radical (unpaired) electrons. The van der Waals surface area contributed by atoms with E-state index in [4.69, 9.17) is 4.55 Å². The molecule has 0 amide bonds. The SMILES string of the molecule is CCS(=O)(=O)O.S.[H-].[Na+]. The van der Waals surface area contributed by atoms with Crippen LogP contribution in [0.2, 0.25) is 0 Å². The monoisotopic (exact) mass is 168 g/mol. The molecule has 3 nitrogen and oxygen atoms in total. The zero-order valence-electron chi connectivity index (χ0n) is 5.88. The molecule has 0 unspecified atom stereocenters. The van der Waals surface area contributed by atoms with E-state index in [0.717, 1.165) is 0 Å². The van der Waals surface area contributed by atoms with Crippen LogP contribution in [0.15, 0.2) is 0 Å². The molecule has 0 atom stereocenters. The van der Waals surface area contributed by atoms with Crippen LogP contribution in [0.4, 0.5) is 0 Å².